The number of carbonyl (C=O) groups is 1. The van der Waals surface area contributed by atoms with E-state index in [2.05, 4.69) is 25.7 Å². The lowest BCUT2D eigenvalue weighted by atomic mass is 10.1. The highest BCUT2D eigenvalue weighted by Gasteiger charge is 2.35. The first kappa shape index (κ1) is 15.0. The summed E-state index contributed by atoms with van der Waals surface area (Å²) in [7, 11) is 1.95. The highest BCUT2D eigenvalue weighted by molar-refractivity contribution is 7.15. The number of carbonyl (C=O) groups excluding carboxylic acids is 1. The monoisotopic (exact) mass is 309 g/mol. The first-order valence-corrected chi connectivity index (χ1v) is 6.83. The number of nitrogens with one attached hydrogen (secondary N) is 2. The zero-order valence-corrected chi connectivity index (χ0v) is 11.5. The van der Waals surface area contributed by atoms with Gasteiger partial charge in [-0.2, -0.15) is 13.2 Å². The SMILES string of the molecule is CN1CCCC(NC(=O)Nc2nnc(C(F)(F)F)s2)C1. The number of nitrogens with zero attached hydrogens (tertiary/aromatic N) is 3. The van der Waals surface area contributed by atoms with E-state index in [-0.39, 0.29) is 11.2 Å². The number of aromatic nitrogens is 2. The largest absolute Gasteiger partial charge is 0.445 e. The van der Waals surface area contributed by atoms with Crippen LogP contribution in [-0.4, -0.2) is 47.3 Å². The normalized spacial score (nSPS) is 20.7. The first-order valence-electron chi connectivity index (χ1n) is 6.01. The summed E-state index contributed by atoms with van der Waals surface area (Å²) in [6.45, 7) is 1.70. The van der Waals surface area contributed by atoms with Crippen molar-refractivity contribution in [2.75, 3.05) is 25.5 Å². The second-order valence-corrected chi connectivity index (χ2v) is 5.59. The molecule has 6 nitrogen and oxygen atoms in total. The van der Waals surface area contributed by atoms with Crippen LogP contribution in [-0.2, 0) is 6.18 Å². The highest BCUT2D eigenvalue weighted by Crippen LogP contribution is 2.32. The summed E-state index contributed by atoms with van der Waals surface area (Å²) in [6.07, 6.45) is -2.72. The van der Waals surface area contributed by atoms with E-state index in [1.165, 1.54) is 0 Å². The fourth-order valence-corrected chi connectivity index (χ4v) is 2.60. The standard InChI is InChI=1S/C10H14F3N5OS/c1-18-4-2-3-6(5-18)14-8(19)15-9-17-16-7(20-9)10(11,12)13/h6H,2-5H2,1H3,(H2,14,15,17,19). The molecule has 1 atom stereocenters. The third-order valence-electron chi connectivity index (χ3n) is 2.85. The zero-order chi connectivity index (χ0) is 14.8. The number of alkyl halides is 3. The van der Waals surface area contributed by atoms with Crippen LogP contribution in [0.1, 0.15) is 17.8 Å². The third kappa shape index (κ3) is 4.04. The van der Waals surface area contributed by atoms with Crippen molar-refractivity contribution in [3.8, 4) is 0 Å². The van der Waals surface area contributed by atoms with Gasteiger partial charge in [-0.1, -0.05) is 11.3 Å². The van der Waals surface area contributed by atoms with Crippen LogP contribution in [0.4, 0.5) is 23.1 Å². The molecule has 1 saturated heterocycles. The van der Waals surface area contributed by atoms with Crippen molar-refractivity contribution in [3.63, 3.8) is 0 Å². The van der Waals surface area contributed by atoms with E-state index >= 15 is 0 Å². The van der Waals surface area contributed by atoms with Crippen molar-refractivity contribution >= 4 is 22.5 Å². The van der Waals surface area contributed by atoms with E-state index in [0.717, 1.165) is 25.9 Å². The van der Waals surface area contributed by atoms with E-state index in [1.807, 2.05) is 7.05 Å². The summed E-state index contributed by atoms with van der Waals surface area (Å²) >= 11 is 0.301. The molecule has 0 saturated carbocycles. The predicted molar refractivity (Wildman–Crippen MR) is 67.6 cm³/mol. The predicted octanol–water partition coefficient (Wildman–Crippen LogP) is 1.77. The number of rotatable bonds is 2. The Bertz CT molecular complexity index is 478. The molecule has 1 aromatic rings. The van der Waals surface area contributed by atoms with Gasteiger partial charge in [0, 0.05) is 12.6 Å². The summed E-state index contributed by atoms with van der Waals surface area (Å²) in [5.41, 5.74) is 0. The van der Waals surface area contributed by atoms with Crippen molar-refractivity contribution in [2.24, 2.45) is 0 Å². The smallest absolute Gasteiger partial charge is 0.334 e. The maximum atomic E-state index is 12.3. The van der Waals surface area contributed by atoms with Crippen LogP contribution in [0, 0.1) is 0 Å². The number of anilines is 1. The van der Waals surface area contributed by atoms with Gasteiger partial charge in [-0.05, 0) is 26.4 Å². The van der Waals surface area contributed by atoms with Gasteiger partial charge >= 0.3 is 12.2 Å². The Morgan fingerprint density at radius 1 is 1.45 bits per heavy atom. The van der Waals surface area contributed by atoms with Crippen LogP contribution < -0.4 is 10.6 Å². The summed E-state index contributed by atoms with van der Waals surface area (Å²) < 4.78 is 37.0. The van der Waals surface area contributed by atoms with Gasteiger partial charge in [-0.3, -0.25) is 5.32 Å². The third-order valence-corrected chi connectivity index (χ3v) is 3.73. The van der Waals surface area contributed by atoms with Gasteiger partial charge in [0.1, 0.15) is 0 Å². The minimum atomic E-state index is -4.54. The van der Waals surface area contributed by atoms with E-state index < -0.39 is 17.2 Å². The minimum absolute atomic E-state index is 0.0104. The van der Waals surface area contributed by atoms with Gasteiger partial charge in [0.2, 0.25) is 10.1 Å². The van der Waals surface area contributed by atoms with Crippen molar-refractivity contribution in [3.05, 3.63) is 5.01 Å². The number of piperidine rings is 1. The van der Waals surface area contributed by atoms with E-state index in [1.54, 1.807) is 0 Å². The average molecular weight is 309 g/mol. The van der Waals surface area contributed by atoms with Crippen LogP contribution in [0.15, 0.2) is 0 Å². The number of hydrogen-bond acceptors (Lipinski definition) is 5. The molecule has 0 radical (unpaired) electrons. The molecule has 1 unspecified atom stereocenters. The van der Waals surface area contributed by atoms with Crippen molar-refractivity contribution < 1.29 is 18.0 Å². The number of likely N-dealkylation sites (N-methyl/N-ethyl adjacent to an activating group) is 1. The van der Waals surface area contributed by atoms with Crippen molar-refractivity contribution in [1.29, 1.82) is 0 Å². The molecule has 1 aromatic heterocycles. The molecule has 2 amide bonds. The Hall–Kier alpha value is -1.42. The molecule has 1 fully saturated rings. The Morgan fingerprint density at radius 2 is 2.20 bits per heavy atom. The Balaban J connectivity index is 1.86. The van der Waals surface area contributed by atoms with Crippen LogP contribution in [0.25, 0.3) is 0 Å². The fourth-order valence-electron chi connectivity index (χ4n) is 1.99. The van der Waals surface area contributed by atoms with Gasteiger partial charge in [0.05, 0.1) is 0 Å². The maximum absolute atomic E-state index is 12.3. The Morgan fingerprint density at radius 3 is 2.80 bits per heavy atom. The van der Waals surface area contributed by atoms with Crippen molar-refractivity contribution in [1.82, 2.24) is 20.4 Å². The molecule has 2 rings (SSSR count). The van der Waals surface area contributed by atoms with Gasteiger partial charge in [0.25, 0.3) is 0 Å². The molecule has 0 aliphatic carbocycles. The molecular formula is C10H14F3N5OS. The maximum Gasteiger partial charge on any atom is 0.445 e. The highest BCUT2D eigenvalue weighted by atomic mass is 32.1. The number of halogens is 3. The summed E-state index contributed by atoms with van der Waals surface area (Å²) in [4.78, 5) is 13.7. The molecule has 0 aromatic carbocycles. The molecule has 1 aliphatic heterocycles. The number of likely N-dealkylation sites (tertiary alicyclic amines) is 1. The molecule has 2 heterocycles. The lowest BCUT2D eigenvalue weighted by Crippen LogP contribution is -2.47. The summed E-state index contributed by atoms with van der Waals surface area (Å²) in [5.74, 6) is 0. The second-order valence-electron chi connectivity index (χ2n) is 4.61. The molecular weight excluding hydrogens is 295 g/mol. The number of urea groups is 1. The quantitative estimate of drug-likeness (QED) is 0.873. The molecule has 112 valence electrons. The van der Waals surface area contributed by atoms with Crippen LogP contribution in [0.3, 0.4) is 0 Å². The number of amides is 2. The zero-order valence-electron chi connectivity index (χ0n) is 10.7. The van der Waals surface area contributed by atoms with E-state index in [4.69, 9.17) is 0 Å². The topological polar surface area (TPSA) is 70.2 Å². The Labute approximate surface area is 117 Å². The van der Waals surface area contributed by atoms with Crippen molar-refractivity contribution in [2.45, 2.75) is 25.1 Å². The second kappa shape index (κ2) is 5.92. The number of hydrogen-bond donors (Lipinski definition) is 2. The lowest BCUT2D eigenvalue weighted by Gasteiger charge is -2.29. The molecule has 2 N–H and O–H groups in total. The first-order chi connectivity index (χ1) is 9.34. The van der Waals surface area contributed by atoms with Gasteiger partial charge in [0.15, 0.2) is 0 Å². The lowest BCUT2D eigenvalue weighted by molar-refractivity contribution is -0.138. The Kier molecular flexibility index (Phi) is 4.43. The van der Waals surface area contributed by atoms with Crippen LogP contribution >= 0.6 is 11.3 Å². The average Bonchev–Trinajstić information content (AvgIpc) is 2.76. The molecule has 0 bridgehead atoms. The molecule has 0 spiro atoms. The van der Waals surface area contributed by atoms with Gasteiger partial charge < -0.3 is 10.2 Å². The molecule has 1 aliphatic rings. The van der Waals surface area contributed by atoms with Crippen LogP contribution in [0.2, 0.25) is 0 Å². The minimum Gasteiger partial charge on any atom is -0.334 e. The van der Waals surface area contributed by atoms with Crippen LogP contribution in [0.5, 0.6) is 0 Å². The summed E-state index contributed by atoms with van der Waals surface area (Å²) in [6, 6.07) is -0.570. The van der Waals surface area contributed by atoms with Gasteiger partial charge in [-0.25, -0.2) is 4.79 Å². The fraction of sp³-hybridized carbons (Fsp3) is 0.700. The molecule has 10 heteroatoms. The summed E-state index contributed by atoms with van der Waals surface area (Å²) in [5, 5.41) is 10.0. The molecule has 20 heavy (non-hydrogen) atoms. The van der Waals surface area contributed by atoms with E-state index in [9.17, 15) is 18.0 Å². The van der Waals surface area contributed by atoms with E-state index in [0.29, 0.717) is 11.3 Å². The van der Waals surface area contributed by atoms with Gasteiger partial charge in [-0.15, -0.1) is 10.2 Å².